The number of amides is 2. The Morgan fingerprint density at radius 1 is 1.09 bits per heavy atom. The number of rotatable bonds is 5. The van der Waals surface area contributed by atoms with Gasteiger partial charge in [-0.1, -0.05) is 0 Å². The monoisotopic (exact) mass is 358 g/mol. The summed E-state index contributed by atoms with van der Waals surface area (Å²) in [5.41, 5.74) is 0. The van der Waals surface area contributed by atoms with Crippen molar-refractivity contribution in [2.45, 2.75) is 12.8 Å². The number of sulfonamides is 1. The van der Waals surface area contributed by atoms with Crippen LogP contribution in [0.1, 0.15) is 12.8 Å². The lowest BCUT2D eigenvalue weighted by Crippen LogP contribution is -2.50. The lowest BCUT2D eigenvalue weighted by atomic mass is 10.4. The van der Waals surface area contributed by atoms with Crippen molar-refractivity contribution < 1.29 is 18.0 Å². The number of carbonyl (C=O) groups excluding carboxylic acids is 2. The number of hydrogen-bond acceptors (Lipinski definition) is 7. The van der Waals surface area contributed by atoms with Crippen LogP contribution < -0.4 is 4.90 Å². The van der Waals surface area contributed by atoms with Crippen molar-refractivity contribution in [3.8, 4) is 0 Å². The summed E-state index contributed by atoms with van der Waals surface area (Å²) in [5.74, 6) is -0.764. The standard InChI is InChI=1S/C13H18N4O4S2/c18-11-1-2-12(19)17(11)8-10-23(20,21)16-6-4-15(5-7-16)13-14-3-9-22-13/h3,9H,1-2,4-8,10H2. The number of anilines is 1. The minimum absolute atomic E-state index is 0.0489. The van der Waals surface area contributed by atoms with Crippen molar-refractivity contribution in [3.05, 3.63) is 11.6 Å². The fourth-order valence-electron chi connectivity index (χ4n) is 2.74. The van der Waals surface area contributed by atoms with Crippen LogP contribution in [0.4, 0.5) is 5.13 Å². The van der Waals surface area contributed by atoms with Crippen LogP contribution in [-0.4, -0.2) is 72.9 Å². The first-order chi connectivity index (χ1) is 11.0. The molecule has 0 aromatic carbocycles. The molecule has 0 saturated carbocycles. The van der Waals surface area contributed by atoms with Crippen LogP contribution in [0.2, 0.25) is 0 Å². The van der Waals surface area contributed by atoms with E-state index in [1.54, 1.807) is 6.20 Å². The zero-order valence-electron chi connectivity index (χ0n) is 12.5. The maximum atomic E-state index is 12.4. The first-order valence-corrected chi connectivity index (χ1v) is 9.92. The van der Waals surface area contributed by atoms with Crippen LogP contribution in [0, 0.1) is 0 Å². The van der Waals surface area contributed by atoms with Gasteiger partial charge in [-0.3, -0.25) is 14.5 Å². The van der Waals surface area contributed by atoms with Crippen LogP contribution in [-0.2, 0) is 19.6 Å². The molecule has 1 aromatic heterocycles. The van der Waals surface area contributed by atoms with Crippen molar-refractivity contribution in [1.29, 1.82) is 0 Å². The molecule has 23 heavy (non-hydrogen) atoms. The van der Waals surface area contributed by atoms with Crippen molar-refractivity contribution in [2.24, 2.45) is 0 Å². The molecule has 10 heteroatoms. The summed E-state index contributed by atoms with van der Waals surface area (Å²) in [7, 11) is -3.47. The quantitative estimate of drug-likeness (QED) is 0.674. The van der Waals surface area contributed by atoms with Crippen LogP contribution in [0.5, 0.6) is 0 Å². The van der Waals surface area contributed by atoms with E-state index in [1.807, 2.05) is 5.38 Å². The highest BCUT2D eigenvalue weighted by atomic mass is 32.2. The molecular formula is C13H18N4O4S2. The molecule has 2 amide bonds. The maximum Gasteiger partial charge on any atom is 0.229 e. The Labute approximate surface area is 138 Å². The Hall–Kier alpha value is -1.52. The van der Waals surface area contributed by atoms with Crippen LogP contribution in [0.3, 0.4) is 0 Å². The summed E-state index contributed by atoms with van der Waals surface area (Å²) in [6.07, 6.45) is 2.10. The van der Waals surface area contributed by atoms with Crippen LogP contribution >= 0.6 is 11.3 Å². The summed E-state index contributed by atoms with van der Waals surface area (Å²) in [4.78, 5) is 30.4. The van der Waals surface area contributed by atoms with Crippen molar-refractivity contribution in [1.82, 2.24) is 14.2 Å². The molecule has 0 bridgehead atoms. The van der Waals surface area contributed by atoms with E-state index in [-0.39, 0.29) is 37.0 Å². The Balaban J connectivity index is 1.54. The van der Waals surface area contributed by atoms with Gasteiger partial charge in [0.25, 0.3) is 0 Å². The highest BCUT2D eigenvalue weighted by molar-refractivity contribution is 7.89. The van der Waals surface area contributed by atoms with Gasteiger partial charge in [-0.25, -0.2) is 13.4 Å². The number of carbonyl (C=O) groups is 2. The molecule has 3 rings (SSSR count). The Kier molecular flexibility index (Phi) is 4.64. The third kappa shape index (κ3) is 3.54. The molecule has 0 spiro atoms. The molecule has 3 heterocycles. The zero-order valence-corrected chi connectivity index (χ0v) is 14.2. The molecule has 2 fully saturated rings. The van der Waals surface area contributed by atoms with E-state index in [4.69, 9.17) is 0 Å². The topological polar surface area (TPSA) is 90.9 Å². The summed E-state index contributed by atoms with van der Waals surface area (Å²) >= 11 is 1.53. The first kappa shape index (κ1) is 16.3. The minimum Gasteiger partial charge on any atom is -0.345 e. The van der Waals surface area contributed by atoms with Gasteiger partial charge in [-0.15, -0.1) is 11.3 Å². The summed E-state index contributed by atoms with van der Waals surface area (Å²) in [5, 5.41) is 2.79. The third-order valence-electron chi connectivity index (χ3n) is 4.05. The molecule has 0 radical (unpaired) electrons. The average molecular weight is 358 g/mol. The van der Waals surface area contributed by atoms with Gasteiger partial charge in [0.05, 0.1) is 5.75 Å². The van der Waals surface area contributed by atoms with Crippen molar-refractivity contribution in [2.75, 3.05) is 43.4 Å². The number of piperazine rings is 1. The second-order valence-corrected chi connectivity index (χ2v) is 8.42. The van der Waals surface area contributed by atoms with E-state index >= 15 is 0 Å². The van der Waals surface area contributed by atoms with Gasteiger partial charge >= 0.3 is 0 Å². The zero-order chi connectivity index (χ0) is 16.4. The molecule has 0 aliphatic carbocycles. The molecule has 126 valence electrons. The molecule has 0 unspecified atom stereocenters. The van der Waals surface area contributed by atoms with Crippen molar-refractivity contribution in [3.63, 3.8) is 0 Å². The largest absolute Gasteiger partial charge is 0.345 e. The maximum absolute atomic E-state index is 12.4. The second kappa shape index (κ2) is 6.54. The highest BCUT2D eigenvalue weighted by Gasteiger charge is 2.32. The average Bonchev–Trinajstić information content (AvgIpc) is 3.17. The fourth-order valence-corrected chi connectivity index (χ4v) is 4.83. The lowest BCUT2D eigenvalue weighted by Gasteiger charge is -2.34. The predicted molar refractivity (Wildman–Crippen MR) is 85.6 cm³/mol. The Morgan fingerprint density at radius 2 is 1.74 bits per heavy atom. The van der Waals surface area contributed by atoms with E-state index in [2.05, 4.69) is 9.88 Å². The molecule has 0 atom stereocenters. The Bertz CT molecular complexity index is 665. The molecule has 0 N–H and O–H groups in total. The van der Waals surface area contributed by atoms with Gasteiger partial charge in [0.15, 0.2) is 5.13 Å². The summed E-state index contributed by atoms with van der Waals surface area (Å²) < 4.78 is 26.2. The first-order valence-electron chi connectivity index (χ1n) is 7.43. The van der Waals surface area contributed by atoms with E-state index < -0.39 is 10.0 Å². The molecule has 2 aliphatic heterocycles. The normalized spacial score (nSPS) is 20.5. The molecule has 1 aromatic rings. The van der Waals surface area contributed by atoms with Crippen LogP contribution in [0.25, 0.3) is 0 Å². The van der Waals surface area contributed by atoms with Gasteiger partial charge in [0, 0.05) is 57.1 Å². The number of hydrogen-bond donors (Lipinski definition) is 0. The predicted octanol–water partition coefficient (Wildman–Crippen LogP) is -0.256. The van der Waals surface area contributed by atoms with E-state index in [1.165, 1.54) is 15.6 Å². The molecule has 8 nitrogen and oxygen atoms in total. The summed E-state index contributed by atoms with van der Waals surface area (Å²) in [6.45, 7) is 1.92. The number of thiazole rings is 1. The number of likely N-dealkylation sites (tertiary alicyclic amines) is 1. The van der Waals surface area contributed by atoms with Crippen LogP contribution in [0.15, 0.2) is 11.6 Å². The minimum atomic E-state index is -3.47. The number of imide groups is 1. The van der Waals surface area contributed by atoms with Gasteiger partial charge in [-0.05, 0) is 0 Å². The number of aromatic nitrogens is 1. The smallest absolute Gasteiger partial charge is 0.229 e. The fraction of sp³-hybridized carbons (Fsp3) is 0.615. The van der Waals surface area contributed by atoms with Gasteiger partial charge in [-0.2, -0.15) is 4.31 Å². The molecular weight excluding hydrogens is 340 g/mol. The summed E-state index contributed by atoms with van der Waals surface area (Å²) in [6, 6.07) is 0. The SMILES string of the molecule is O=C1CCC(=O)N1CCS(=O)(=O)N1CCN(c2nccs2)CC1. The highest BCUT2D eigenvalue weighted by Crippen LogP contribution is 2.20. The molecule has 2 aliphatic rings. The Morgan fingerprint density at radius 3 is 2.30 bits per heavy atom. The third-order valence-corrected chi connectivity index (χ3v) is 6.73. The molecule has 2 saturated heterocycles. The lowest BCUT2D eigenvalue weighted by molar-refractivity contribution is -0.137. The van der Waals surface area contributed by atoms with Gasteiger partial charge < -0.3 is 4.90 Å². The van der Waals surface area contributed by atoms with Crippen molar-refractivity contribution >= 4 is 38.3 Å². The van der Waals surface area contributed by atoms with E-state index in [0.717, 1.165) is 10.0 Å². The number of nitrogens with zero attached hydrogens (tertiary/aromatic N) is 4. The second-order valence-electron chi connectivity index (χ2n) is 5.46. The van der Waals surface area contributed by atoms with Gasteiger partial charge in [0.2, 0.25) is 21.8 Å². The van der Waals surface area contributed by atoms with Gasteiger partial charge in [0.1, 0.15) is 0 Å². The van der Waals surface area contributed by atoms with E-state index in [0.29, 0.717) is 26.2 Å². The van der Waals surface area contributed by atoms with E-state index in [9.17, 15) is 18.0 Å².